The number of benzene rings is 1. The zero-order valence-corrected chi connectivity index (χ0v) is 13.5. The van der Waals surface area contributed by atoms with Gasteiger partial charge in [-0.1, -0.05) is 30.4 Å². The Balaban J connectivity index is 1.90. The van der Waals surface area contributed by atoms with E-state index in [2.05, 4.69) is 34.3 Å². The predicted octanol–water partition coefficient (Wildman–Crippen LogP) is 2.50. The minimum Gasteiger partial charge on any atom is -0.323 e. The Bertz CT molecular complexity index is 543. The van der Waals surface area contributed by atoms with Gasteiger partial charge in [-0.2, -0.15) is 0 Å². The molecular formula is C18H25N3O. The van der Waals surface area contributed by atoms with Crippen LogP contribution in [-0.4, -0.2) is 48.9 Å². The molecule has 0 spiro atoms. The number of nitrogens with one attached hydrogen (secondary N) is 1. The number of rotatable bonds is 5. The Morgan fingerprint density at radius 2 is 2.00 bits per heavy atom. The first-order valence-corrected chi connectivity index (χ1v) is 7.77. The minimum atomic E-state index is -0.102. The monoisotopic (exact) mass is 299 g/mol. The maximum Gasteiger partial charge on any atom is 0.248 e. The largest absolute Gasteiger partial charge is 0.323 e. The van der Waals surface area contributed by atoms with E-state index in [4.69, 9.17) is 0 Å². The minimum absolute atomic E-state index is 0.102. The fourth-order valence-corrected chi connectivity index (χ4v) is 2.45. The maximum atomic E-state index is 11.8. The van der Waals surface area contributed by atoms with Crippen molar-refractivity contribution in [3.05, 3.63) is 54.1 Å². The van der Waals surface area contributed by atoms with Crippen LogP contribution in [0.15, 0.2) is 48.6 Å². The molecule has 2 rings (SSSR count). The van der Waals surface area contributed by atoms with Crippen LogP contribution in [0.25, 0.3) is 0 Å². The van der Waals surface area contributed by atoms with Crippen molar-refractivity contribution in [2.75, 3.05) is 38.5 Å². The van der Waals surface area contributed by atoms with E-state index in [9.17, 15) is 4.79 Å². The highest BCUT2D eigenvalue weighted by atomic mass is 16.1. The van der Waals surface area contributed by atoms with Gasteiger partial charge in [0.25, 0.3) is 0 Å². The van der Waals surface area contributed by atoms with Crippen LogP contribution < -0.4 is 5.32 Å². The summed E-state index contributed by atoms with van der Waals surface area (Å²) in [4.78, 5) is 16.6. The molecule has 1 heterocycles. The van der Waals surface area contributed by atoms with Crippen LogP contribution in [0.5, 0.6) is 0 Å². The van der Waals surface area contributed by atoms with E-state index in [1.807, 2.05) is 31.2 Å². The number of carbonyl (C=O) groups is 1. The van der Waals surface area contributed by atoms with Crippen LogP contribution in [0, 0.1) is 0 Å². The van der Waals surface area contributed by atoms with E-state index < -0.39 is 0 Å². The summed E-state index contributed by atoms with van der Waals surface area (Å²) in [7, 11) is 2.16. The number of carbonyl (C=O) groups excluding carboxylic acids is 1. The molecule has 1 aliphatic heterocycles. The molecule has 0 radical (unpaired) electrons. The molecule has 0 atom stereocenters. The van der Waals surface area contributed by atoms with Gasteiger partial charge in [-0.3, -0.25) is 9.69 Å². The molecule has 0 saturated carbocycles. The molecule has 4 heteroatoms. The van der Waals surface area contributed by atoms with Crippen LogP contribution >= 0.6 is 0 Å². The van der Waals surface area contributed by atoms with Gasteiger partial charge in [0.1, 0.15) is 0 Å². The molecule has 22 heavy (non-hydrogen) atoms. The molecule has 118 valence electrons. The van der Waals surface area contributed by atoms with Gasteiger partial charge in [-0.05, 0) is 31.7 Å². The molecule has 0 aromatic heterocycles. The van der Waals surface area contributed by atoms with E-state index in [0.717, 1.165) is 38.4 Å². The molecule has 1 N–H and O–H groups in total. The average molecular weight is 299 g/mol. The van der Waals surface area contributed by atoms with Crippen LogP contribution in [0.3, 0.4) is 0 Å². The quantitative estimate of drug-likeness (QED) is 0.670. The molecule has 1 aliphatic rings. The second kappa shape index (κ2) is 8.51. The molecule has 0 aliphatic carbocycles. The summed E-state index contributed by atoms with van der Waals surface area (Å²) in [6.07, 6.45) is 7.00. The van der Waals surface area contributed by atoms with Gasteiger partial charge in [0.2, 0.25) is 5.91 Å². The second-order valence-electron chi connectivity index (χ2n) is 5.65. The molecule has 1 saturated heterocycles. The summed E-state index contributed by atoms with van der Waals surface area (Å²) < 4.78 is 0. The molecule has 1 fully saturated rings. The van der Waals surface area contributed by atoms with Crippen molar-refractivity contribution in [3.8, 4) is 0 Å². The zero-order valence-electron chi connectivity index (χ0n) is 13.5. The Labute approximate surface area is 133 Å². The standard InChI is InChI=1S/C18H25N3O/c1-3-4-5-9-18(22)19-17-8-6-7-16(14-17)15-21-12-10-20(2)11-13-21/h3-9,14H,10-13,15H2,1-2H3,(H,19,22)/b4-3+,9-5+. The third-order valence-corrected chi connectivity index (χ3v) is 3.75. The van der Waals surface area contributed by atoms with Crippen LogP contribution in [0.1, 0.15) is 12.5 Å². The van der Waals surface area contributed by atoms with Crippen molar-refractivity contribution in [3.63, 3.8) is 0 Å². The van der Waals surface area contributed by atoms with Gasteiger partial charge >= 0.3 is 0 Å². The summed E-state index contributed by atoms with van der Waals surface area (Å²) in [6, 6.07) is 8.09. The number of allylic oxidation sites excluding steroid dienone is 3. The van der Waals surface area contributed by atoms with Crippen molar-refractivity contribution < 1.29 is 4.79 Å². The first-order chi connectivity index (χ1) is 10.7. The van der Waals surface area contributed by atoms with Crippen LogP contribution in [0.4, 0.5) is 5.69 Å². The van der Waals surface area contributed by atoms with Gasteiger partial charge in [-0.15, -0.1) is 0 Å². The molecule has 0 unspecified atom stereocenters. The Morgan fingerprint density at radius 3 is 2.73 bits per heavy atom. The van der Waals surface area contributed by atoms with E-state index in [1.54, 1.807) is 6.08 Å². The fraction of sp³-hybridized carbons (Fsp3) is 0.389. The smallest absolute Gasteiger partial charge is 0.248 e. The summed E-state index contributed by atoms with van der Waals surface area (Å²) in [5.41, 5.74) is 2.08. The van der Waals surface area contributed by atoms with Gasteiger partial charge < -0.3 is 10.2 Å². The average Bonchev–Trinajstić information content (AvgIpc) is 2.50. The number of piperazine rings is 1. The molecule has 4 nitrogen and oxygen atoms in total. The number of nitrogens with zero attached hydrogens (tertiary/aromatic N) is 2. The van der Waals surface area contributed by atoms with Crippen LogP contribution in [0.2, 0.25) is 0 Å². The maximum absolute atomic E-state index is 11.8. The third kappa shape index (κ3) is 5.47. The molecule has 0 bridgehead atoms. The summed E-state index contributed by atoms with van der Waals surface area (Å²) in [5.74, 6) is -0.102. The van der Waals surface area contributed by atoms with Crippen molar-refractivity contribution in [1.29, 1.82) is 0 Å². The molecular weight excluding hydrogens is 274 g/mol. The third-order valence-electron chi connectivity index (χ3n) is 3.75. The number of hydrogen-bond donors (Lipinski definition) is 1. The topological polar surface area (TPSA) is 35.6 Å². The van der Waals surface area contributed by atoms with Crippen molar-refractivity contribution in [1.82, 2.24) is 9.80 Å². The first kappa shape index (κ1) is 16.5. The second-order valence-corrected chi connectivity index (χ2v) is 5.65. The van der Waals surface area contributed by atoms with E-state index in [-0.39, 0.29) is 5.91 Å². The summed E-state index contributed by atoms with van der Waals surface area (Å²) >= 11 is 0. The Hall–Kier alpha value is -1.91. The van der Waals surface area contributed by atoms with E-state index >= 15 is 0 Å². The lowest BCUT2D eigenvalue weighted by molar-refractivity contribution is -0.111. The van der Waals surface area contributed by atoms with Gasteiger partial charge in [0.05, 0.1) is 0 Å². The highest BCUT2D eigenvalue weighted by Crippen LogP contribution is 2.14. The van der Waals surface area contributed by atoms with Crippen molar-refractivity contribution >= 4 is 11.6 Å². The highest BCUT2D eigenvalue weighted by Gasteiger charge is 2.13. The number of likely N-dealkylation sites (N-methyl/N-ethyl adjacent to an activating group) is 1. The Morgan fingerprint density at radius 1 is 1.23 bits per heavy atom. The van der Waals surface area contributed by atoms with Gasteiger partial charge in [0, 0.05) is 44.5 Å². The lowest BCUT2D eigenvalue weighted by Crippen LogP contribution is -2.43. The summed E-state index contributed by atoms with van der Waals surface area (Å²) in [6.45, 7) is 7.28. The van der Waals surface area contributed by atoms with Crippen molar-refractivity contribution in [2.24, 2.45) is 0 Å². The first-order valence-electron chi connectivity index (χ1n) is 7.77. The number of amides is 1. The van der Waals surface area contributed by atoms with E-state index in [1.165, 1.54) is 11.6 Å². The summed E-state index contributed by atoms with van der Waals surface area (Å²) in [5, 5.41) is 2.90. The number of hydrogen-bond acceptors (Lipinski definition) is 3. The molecule has 1 amide bonds. The zero-order chi connectivity index (χ0) is 15.8. The lowest BCUT2D eigenvalue weighted by Gasteiger charge is -2.32. The predicted molar refractivity (Wildman–Crippen MR) is 91.8 cm³/mol. The fourth-order valence-electron chi connectivity index (χ4n) is 2.45. The van der Waals surface area contributed by atoms with Crippen molar-refractivity contribution in [2.45, 2.75) is 13.5 Å². The number of anilines is 1. The van der Waals surface area contributed by atoms with Gasteiger partial charge in [0.15, 0.2) is 0 Å². The van der Waals surface area contributed by atoms with E-state index in [0.29, 0.717) is 0 Å². The van der Waals surface area contributed by atoms with Crippen LogP contribution in [-0.2, 0) is 11.3 Å². The highest BCUT2D eigenvalue weighted by molar-refractivity contribution is 5.99. The van der Waals surface area contributed by atoms with Gasteiger partial charge in [-0.25, -0.2) is 0 Å². The lowest BCUT2D eigenvalue weighted by atomic mass is 10.1. The molecule has 1 aromatic rings. The normalized spacial score (nSPS) is 17.4. The Kier molecular flexibility index (Phi) is 6.37. The molecule has 1 aromatic carbocycles. The SMILES string of the molecule is C/C=C/C=C/C(=O)Nc1cccc(CN2CCN(C)CC2)c1.